The van der Waals surface area contributed by atoms with Gasteiger partial charge in [-0.2, -0.15) is 5.10 Å². The van der Waals surface area contributed by atoms with E-state index in [0.717, 1.165) is 0 Å². The van der Waals surface area contributed by atoms with Gasteiger partial charge in [-0.25, -0.2) is 4.98 Å². The molecule has 1 aliphatic heterocycles. The second-order valence-corrected chi connectivity index (χ2v) is 7.16. The number of hydrogen-bond donors (Lipinski definition) is 0. The first kappa shape index (κ1) is 19.3. The lowest BCUT2D eigenvalue weighted by molar-refractivity contribution is 0.0752. The number of aromatic nitrogens is 4. The molecule has 0 N–H and O–H groups in total. The Labute approximate surface area is 171 Å². The van der Waals surface area contributed by atoms with Crippen molar-refractivity contribution in [1.82, 2.24) is 24.2 Å². The predicted molar refractivity (Wildman–Crippen MR) is 107 cm³/mol. The van der Waals surface area contributed by atoms with Crippen molar-refractivity contribution in [2.24, 2.45) is 7.05 Å². The van der Waals surface area contributed by atoms with Gasteiger partial charge in [0.25, 0.3) is 11.5 Å². The molecule has 3 heterocycles. The van der Waals surface area contributed by atoms with E-state index in [1.165, 1.54) is 18.9 Å². The molecule has 1 aromatic carbocycles. The fourth-order valence-electron chi connectivity index (χ4n) is 3.54. The Kier molecular flexibility index (Phi) is 4.91. The van der Waals surface area contributed by atoms with Crippen molar-refractivity contribution < 1.29 is 14.3 Å². The standard InChI is InChI=1S/C19H20ClN5O4/c1-23-10-12(20)17(22-23)19(27)24-5-4-16-21-13-9-15(29-3)14(28-2)8-11(13)18(26)25(16)7-6-24/h8-10H,4-7H2,1-3H3. The normalized spacial score (nSPS) is 13.9. The maximum absolute atomic E-state index is 13.1. The molecule has 2 aromatic heterocycles. The molecule has 10 heteroatoms. The number of methoxy groups -OCH3 is 2. The van der Waals surface area contributed by atoms with Crippen LogP contribution in [0.1, 0.15) is 16.3 Å². The molecule has 29 heavy (non-hydrogen) atoms. The van der Waals surface area contributed by atoms with E-state index in [4.69, 9.17) is 21.1 Å². The summed E-state index contributed by atoms with van der Waals surface area (Å²) < 4.78 is 13.7. The van der Waals surface area contributed by atoms with Crippen LogP contribution in [0.4, 0.5) is 0 Å². The molecule has 9 nitrogen and oxygen atoms in total. The topological polar surface area (TPSA) is 91.5 Å². The van der Waals surface area contributed by atoms with Crippen LogP contribution in [-0.2, 0) is 20.0 Å². The molecule has 0 saturated heterocycles. The van der Waals surface area contributed by atoms with Crippen molar-refractivity contribution in [3.8, 4) is 11.5 Å². The zero-order valence-electron chi connectivity index (χ0n) is 16.3. The Bertz CT molecular complexity index is 1170. The summed E-state index contributed by atoms with van der Waals surface area (Å²) in [5.41, 5.74) is 0.572. The van der Waals surface area contributed by atoms with Crippen LogP contribution in [0, 0.1) is 0 Å². The molecular formula is C19H20ClN5O4. The van der Waals surface area contributed by atoms with Gasteiger partial charge < -0.3 is 14.4 Å². The molecule has 0 unspecified atom stereocenters. The van der Waals surface area contributed by atoms with Gasteiger partial charge in [0, 0.05) is 45.4 Å². The number of carbonyl (C=O) groups is 1. The largest absolute Gasteiger partial charge is 0.493 e. The number of benzene rings is 1. The number of rotatable bonds is 3. The molecule has 0 bridgehead atoms. The van der Waals surface area contributed by atoms with Crippen LogP contribution in [-0.4, -0.2) is 57.4 Å². The highest BCUT2D eigenvalue weighted by Gasteiger charge is 2.25. The van der Waals surface area contributed by atoms with E-state index in [1.54, 1.807) is 34.8 Å². The number of fused-ring (bicyclic) bond motifs is 2. The first-order chi connectivity index (χ1) is 13.9. The number of ether oxygens (including phenoxy) is 2. The van der Waals surface area contributed by atoms with E-state index in [9.17, 15) is 9.59 Å². The molecule has 0 aliphatic carbocycles. The van der Waals surface area contributed by atoms with Gasteiger partial charge in [0.05, 0.1) is 30.1 Å². The lowest BCUT2D eigenvalue weighted by atomic mass is 10.2. The Morgan fingerprint density at radius 2 is 1.86 bits per heavy atom. The molecule has 3 aromatic rings. The SMILES string of the molecule is COc1cc2nc3n(c(=O)c2cc1OC)CCN(C(=O)c1nn(C)cc1Cl)CC3. The number of amides is 1. The van der Waals surface area contributed by atoms with E-state index in [-0.39, 0.29) is 17.2 Å². The monoisotopic (exact) mass is 417 g/mol. The van der Waals surface area contributed by atoms with E-state index in [0.29, 0.717) is 59.3 Å². The summed E-state index contributed by atoms with van der Waals surface area (Å²) in [6.45, 7) is 1.11. The molecule has 1 amide bonds. The molecule has 0 atom stereocenters. The minimum absolute atomic E-state index is 0.170. The fourth-order valence-corrected chi connectivity index (χ4v) is 3.80. The maximum Gasteiger partial charge on any atom is 0.275 e. The highest BCUT2D eigenvalue weighted by atomic mass is 35.5. The van der Waals surface area contributed by atoms with Crippen LogP contribution < -0.4 is 15.0 Å². The van der Waals surface area contributed by atoms with E-state index in [1.807, 2.05) is 0 Å². The predicted octanol–water partition coefficient (Wildman–Crippen LogP) is 1.50. The van der Waals surface area contributed by atoms with E-state index in [2.05, 4.69) is 10.1 Å². The van der Waals surface area contributed by atoms with Gasteiger partial charge in [0.15, 0.2) is 17.2 Å². The van der Waals surface area contributed by atoms with Crippen molar-refractivity contribution >= 4 is 28.4 Å². The summed E-state index contributed by atoms with van der Waals surface area (Å²) in [7, 11) is 4.76. The minimum atomic E-state index is -0.260. The molecular weight excluding hydrogens is 398 g/mol. The van der Waals surface area contributed by atoms with Crippen LogP contribution in [0.3, 0.4) is 0 Å². The Morgan fingerprint density at radius 1 is 1.14 bits per heavy atom. The van der Waals surface area contributed by atoms with Crippen LogP contribution >= 0.6 is 11.6 Å². The summed E-state index contributed by atoms with van der Waals surface area (Å²) in [5, 5.41) is 4.90. The highest BCUT2D eigenvalue weighted by molar-refractivity contribution is 6.33. The number of hydrogen-bond acceptors (Lipinski definition) is 6. The van der Waals surface area contributed by atoms with Crippen LogP contribution in [0.2, 0.25) is 5.02 Å². The van der Waals surface area contributed by atoms with Crippen molar-refractivity contribution in [3.05, 3.63) is 45.2 Å². The van der Waals surface area contributed by atoms with E-state index >= 15 is 0 Å². The quantitative estimate of drug-likeness (QED) is 0.641. The molecule has 0 spiro atoms. The Hall–Kier alpha value is -3.07. The Morgan fingerprint density at radius 3 is 2.52 bits per heavy atom. The van der Waals surface area contributed by atoms with E-state index < -0.39 is 0 Å². The van der Waals surface area contributed by atoms with Crippen LogP contribution in [0.25, 0.3) is 10.9 Å². The van der Waals surface area contributed by atoms with Crippen LogP contribution in [0.15, 0.2) is 23.1 Å². The molecule has 4 rings (SSSR count). The summed E-state index contributed by atoms with van der Waals surface area (Å²) in [5.74, 6) is 1.34. The molecule has 0 fully saturated rings. The second kappa shape index (κ2) is 7.40. The summed E-state index contributed by atoms with van der Waals surface area (Å²) in [6, 6.07) is 3.33. The minimum Gasteiger partial charge on any atom is -0.493 e. The highest BCUT2D eigenvalue weighted by Crippen LogP contribution is 2.30. The first-order valence-corrected chi connectivity index (χ1v) is 9.44. The third-order valence-electron chi connectivity index (χ3n) is 5.01. The van der Waals surface area contributed by atoms with Crippen molar-refractivity contribution in [3.63, 3.8) is 0 Å². The van der Waals surface area contributed by atoms with Gasteiger partial charge in [-0.05, 0) is 6.07 Å². The third kappa shape index (κ3) is 3.31. The maximum atomic E-state index is 13.1. The van der Waals surface area contributed by atoms with Gasteiger partial charge in [-0.3, -0.25) is 18.8 Å². The van der Waals surface area contributed by atoms with Gasteiger partial charge >= 0.3 is 0 Å². The van der Waals surface area contributed by atoms with Crippen molar-refractivity contribution in [2.75, 3.05) is 27.3 Å². The van der Waals surface area contributed by atoms with Gasteiger partial charge in [0.1, 0.15) is 5.82 Å². The number of carbonyl (C=O) groups excluding carboxylic acids is 1. The third-order valence-corrected chi connectivity index (χ3v) is 5.29. The fraction of sp³-hybridized carbons (Fsp3) is 0.368. The Balaban J connectivity index is 1.70. The molecule has 0 saturated carbocycles. The summed E-state index contributed by atoms with van der Waals surface area (Å²) in [4.78, 5) is 32.2. The van der Waals surface area contributed by atoms with Crippen LogP contribution in [0.5, 0.6) is 11.5 Å². The molecule has 0 radical (unpaired) electrons. The average molecular weight is 418 g/mol. The second-order valence-electron chi connectivity index (χ2n) is 6.75. The smallest absolute Gasteiger partial charge is 0.275 e. The zero-order chi connectivity index (χ0) is 20.7. The van der Waals surface area contributed by atoms with Crippen molar-refractivity contribution in [1.29, 1.82) is 0 Å². The number of nitrogens with zero attached hydrogens (tertiary/aromatic N) is 5. The van der Waals surface area contributed by atoms with Gasteiger partial charge in [-0.1, -0.05) is 11.6 Å². The lowest BCUT2D eigenvalue weighted by Crippen LogP contribution is -2.34. The zero-order valence-corrected chi connectivity index (χ0v) is 17.1. The molecule has 1 aliphatic rings. The number of halogens is 1. The van der Waals surface area contributed by atoms with Gasteiger partial charge in [0.2, 0.25) is 0 Å². The molecule has 152 valence electrons. The number of aryl methyl sites for hydroxylation is 1. The first-order valence-electron chi connectivity index (χ1n) is 9.06. The lowest BCUT2D eigenvalue weighted by Gasteiger charge is -2.18. The van der Waals surface area contributed by atoms with Gasteiger partial charge in [-0.15, -0.1) is 0 Å². The average Bonchev–Trinajstić information content (AvgIpc) is 2.92. The van der Waals surface area contributed by atoms with Crippen molar-refractivity contribution in [2.45, 2.75) is 13.0 Å². The summed E-state index contributed by atoms with van der Waals surface area (Å²) in [6.07, 6.45) is 2.02. The summed E-state index contributed by atoms with van der Waals surface area (Å²) >= 11 is 6.12.